The molecule has 0 bridgehead atoms. The molecule has 4 heteroatoms. The summed E-state index contributed by atoms with van der Waals surface area (Å²) in [6, 6.07) is 0. The van der Waals surface area contributed by atoms with Gasteiger partial charge < -0.3 is 5.11 Å². The molecule has 0 amide bonds. The van der Waals surface area contributed by atoms with E-state index in [0.717, 1.165) is 25.7 Å². The standard InChI is InChI=1S/C10H22O.H2O.O.Ti/c1-5-9(6-2)10(11,7-3)8-4;;;/h9,11H,5-8H2,1-4H3;1H2;;/q;;;+1/p-1. The van der Waals surface area contributed by atoms with Gasteiger partial charge in [0.05, 0.1) is 5.60 Å². The summed E-state index contributed by atoms with van der Waals surface area (Å²) in [6.07, 6.45) is 3.95. The Morgan fingerprint density at radius 2 is 1.43 bits per heavy atom. The molecule has 0 aromatic carbocycles. The van der Waals surface area contributed by atoms with Crippen LogP contribution in [0, 0.1) is 5.92 Å². The average molecular weight is 239 g/mol. The van der Waals surface area contributed by atoms with Crippen molar-refractivity contribution in [3.63, 3.8) is 0 Å². The van der Waals surface area contributed by atoms with Crippen molar-refractivity contribution in [2.24, 2.45) is 5.92 Å². The van der Waals surface area contributed by atoms with Gasteiger partial charge in [0.1, 0.15) is 0 Å². The van der Waals surface area contributed by atoms with E-state index >= 15 is 0 Å². The zero-order valence-electron chi connectivity index (χ0n) is 9.71. The van der Waals surface area contributed by atoms with E-state index in [4.69, 9.17) is 7.01 Å². The molecule has 0 atom stereocenters. The molecule has 0 spiro atoms. The van der Waals surface area contributed by atoms with E-state index in [1.807, 2.05) is 0 Å². The predicted molar refractivity (Wildman–Crippen MR) is 52.5 cm³/mol. The number of aliphatic hydroxyl groups is 1. The van der Waals surface area contributed by atoms with Crippen LogP contribution in [0.4, 0.5) is 0 Å². The van der Waals surface area contributed by atoms with Crippen molar-refractivity contribution in [2.45, 2.75) is 59.0 Å². The quantitative estimate of drug-likeness (QED) is 0.723. The normalized spacial score (nSPS) is 10.5. The van der Waals surface area contributed by atoms with Gasteiger partial charge in [0.2, 0.25) is 0 Å². The molecule has 0 saturated heterocycles. The minimum absolute atomic E-state index is 0.399. The van der Waals surface area contributed by atoms with E-state index in [2.05, 4.69) is 27.7 Å². The van der Waals surface area contributed by atoms with Crippen molar-refractivity contribution < 1.29 is 31.6 Å². The Morgan fingerprint density at radius 1 is 1.14 bits per heavy atom. The van der Waals surface area contributed by atoms with Crippen molar-refractivity contribution in [1.82, 2.24) is 0 Å². The SMILES string of the molecule is CCC(CC)C(O)(CC)CC.[O]=[Ti][OH]. The molecule has 2 N–H and O–H groups in total. The van der Waals surface area contributed by atoms with Gasteiger partial charge >= 0.3 is 26.5 Å². The fraction of sp³-hybridized carbons (Fsp3) is 1.00. The zero-order chi connectivity index (χ0) is 11.6. The molecule has 0 saturated carbocycles. The summed E-state index contributed by atoms with van der Waals surface area (Å²) in [6.45, 7) is 8.46. The van der Waals surface area contributed by atoms with Crippen LogP contribution in [0.2, 0.25) is 0 Å². The molecule has 3 nitrogen and oxygen atoms in total. The molecule has 0 rings (SSSR count). The van der Waals surface area contributed by atoms with Gasteiger partial charge in [-0.3, -0.25) is 0 Å². The fourth-order valence-electron chi connectivity index (χ4n) is 1.88. The van der Waals surface area contributed by atoms with Gasteiger partial charge in [-0.15, -0.1) is 0 Å². The molecule has 0 heterocycles. The van der Waals surface area contributed by atoms with Crippen molar-refractivity contribution in [3.8, 4) is 0 Å². The topological polar surface area (TPSA) is 57.5 Å². The van der Waals surface area contributed by atoms with Crippen molar-refractivity contribution in [2.75, 3.05) is 0 Å². The third kappa shape index (κ3) is 6.02. The molecule has 0 radical (unpaired) electrons. The van der Waals surface area contributed by atoms with Crippen LogP contribution in [-0.4, -0.2) is 14.4 Å². The van der Waals surface area contributed by atoms with Crippen molar-refractivity contribution in [1.29, 1.82) is 0 Å². The van der Waals surface area contributed by atoms with Gasteiger partial charge in [-0.25, -0.2) is 0 Å². The summed E-state index contributed by atoms with van der Waals surface area (Å²) in [5.41, 5.74) is -0.399. The van der Waals surface area contributed by atoms with E-state index in [9.17, 15) is 5.11 Å². The van der Waals surface area contributed by atoms with Gasteiger partial charge in [0.15, 0.2) is 0 Å². The molecule has 0 aromatic heterocycles. The van der Waals surface area contributed by atoms with Crippen LogP contribution in [0.3, 0.4) is 0 Å². The van der Waals surface area contributed by atoms with Crippen LogP contribution < -0.4 is 0 Å². The summed E-state index contributed by atoms with van der Waals surface area (Å²) in [5.74, 6) is 0.484. The van der Waals surface area contributed by atoms with Gasteiger partial charge in [-0.2, -0.15) is 0 Å². The Bertz CT molecular complexity index is 131. The third-order valence-corrected chi connectivity index (χ3v) is 2.97. The van der Waals surface area contributed by atoms with E-state index in [0.29, 0.717) is 5.92 Å². The number of rotatable bonds is 5. The van der Waals surface area contributed by atoms with Gasteiger partial charge in [0.25, 0.3) is 0 Å². The summed E-state index contributed by atoms with van der Waals surface area (Å²) >= 11 is -1.75. The summed E-state index contributed by atoms with van der Waals surface area (Å²) < 4.78 is 15.8. The van der Waals surface area contributed by atoms with Gasteiger partial charge in [-0.1, -0.05) is 40.5 Å². The van der Waals surface area contributed by atoms with Crippen LogP contribution in [0.1, 0.15) is 53.4 Å². The first-order chi connectivity index (χ1) is 6.55. The maximum atomic E-state index is 10.1. The summed E-state index contributed by atoms with van der Waals surface area (Å²) in [4.78, 5) is 0. The molecule has 0 aliphatic carbocycles. The Kier molecular flexibility index (Phi) is 12.0. The second-order valence-electron chi connectivity index (χ2n) is 3.42. The minimum atomic E-state index is -1.75. The van der Waals surface area contributed by atoms with Crippen LogP contribution in [0.5, 0.6) is 0 Å². The monoisotopic (exact) mass is 239 g/mol. The molecule has 0 aliphatic rings. The maximum absolute atomic E-state index is 10.1. The number of hydrogen-bond donors (Lipinski definition) is 2. The van der Waals surface area contributed by atoms with E-state index < -0.39 is 25.1 Å². The second-order valence-corrected chi connectivity index (χ2v) is 3.70. The molecule has 14 heavy (non-hydrogen) atoms. The van der Waals surface area contributed by atoms with Crippen molar-refractivity contribution >= 4 is 0 Å². The molecular formula is C10H23O3Ti. The van der Waals surface area contributed by atoms with Gasteiger partial charge in [-0.05, 0) is 18.8 Å². The van der Waals surface area contributed by atoms with E-state index in [1.165, 1.54) is 0 Å². The van der Waals surface area contributed by atoms with E-state index in [-0.39, 0.29) is 0 Å². The fourth-order valence-corrected chi connectivity index (χ4v) is 1.88. The van der Waals surface area contributed by atoms with Crippen LogP contribution in [-0.2, 0) is 22.8 Å². The van der Waals surface area contributed by atoms with Crippen LogP contribution in [0.25, 0.3) is 0 Å². The third-order valence-electron chi connectivity index (χ3n) is 2.97. The Labute approximate surface area is 96.6 Å². The zero-order valence-corrected chi connectivity index (χ0v) is 11.3. The average Bonchev–Trinajstić information content (AvgIpc) is 2.20. The van der Waals surface area contributed by atoms with Crippen LogP contribution >= 0.6 is 0 Å². The molecule has 0 aliphatic heterocycles. The Balaban J connectivity index is 0. The predicted octanol–water partition coefficient (Wildman–Crippen LogP) is 2.30. The summed E-state index contributed by atoms with van der Waals surface area (Å²) in [7, 11) is 0. The molecule has 0 fully saturated rings. The van der Waals surface area contributed by atoms with Crippen LogP contribution in [0.15, 0.2) is 0 Å². The van der Waals surface area contributed by atoms with E-state index in [1.54, 1.807) is 0 Å². The Hall–Kier alpha value is 0.434. The molecule has 0 aromatic rings. The second kappa shape index (κ2) is 9.97. The number of hydrogen-bond acceptors (Lipinski definition) is 2. The summed E-state index contributed by atoms with van der Waals surface area (Å²) in [5, 5.41) is 10.1. The first-order valence-corrected chi connectivity index (χ1v) is 6.63. The molecule has 85 valence electrons. The first-order valence-electron chi connectivity index (χ1n) is 5.29. The Morgan fingerprint density at radius 3 is 1.50 bits per heavy atom. The molecular weight excluding hydrogens is 216 g/mol. The first kappa shape index (κ1) is 16.8. The van der Waals surface area contributed by atoms with Crippen molar-refractivity contribution in [3.05, 3.63) is 0 Å². The molecule has 0 unspecified atom stereocenters. The van der Waals surface area contributed by atoms with Gasteiger partial charge in [0, 0.05) is 0 Å².